The smallest absolute Gasteiger partial charge is 0.254 e. The Kier molecular flexibility index (Phi) is 4.68. The number of hydrogen-bond donors (Lipinski definition) is 1. The van der Waals surface area contributed by atoms with Gasteiger partial charge in [0.2, 0.25) is 0 Å². The molecule has 3 heterocycles. The summed E-state index contributed by atoms with van der Waals surface area (Å²) in [6, 6.07) is 7.99. The highest BCUT2D eigenvalue weighted by Crippen LogP contribution is 2.23. The Morgan fingerprint density at radius 3 is 2.74 bits per heavy atom. The highest BCUT2D eigenvalue weighted by molar-refractivity contribution is 7.08. The zero-order valence-electron chi connectivity index (χ0n) is 14.6. The number of rotatable bonds is 5. The van der Waals surface area contributed by atoms with Crippen LogP contribution >= 0.6 is 11.3 Å². The number of amides is 1. The van der Waals surface area contributed by atoms with Crippen LogP contribution in [0, 0.1) is 5.82 Å². The number of fused-ring (bicyclic) bond motifs is 1. The van der Waals surface area contributed by atoms with E-state index in [0.29, 0.717) is 22.2 Å². The van der Waals surface area contributed by atoms with Crippen molar-refractivity contribution in [2.45, 2.75) is 19.4 Å². The minimum absolute atomic E-state index is 0.0499. The maximum absolute atomic E-state index is 13.2. The van der Waals surface area contributed by atoms with Crippen molar-refractivity contribution in [1.29, 1.82) is 0 Å². The first-order valence-electron chi connectivity index (χ1n) is 8.58. The third kappa shape index (κ3) is 3.33. The number of carbonyl (C=O) groups is 1. The first-order chi connectivity index (χ1) is 13.2. The zero-order chi connectivity index (χ0) is 18.8. The number of nitrogens with one attached hydrogen (secondary N) is 1. The Bertz CT molecular complexity index is 1070. The maximum Gasteiger partial charge on any atom is 0.254 e. The van der Waals surface area contributed by atoms with Gasteiger partial charge < -0.3 is 5.32 Å². The van der Waals surface area contributed by atoms with E-state index in [1.165, 1.54) is 12.1 Å². The summed E-state index contributed by atoms with van der Waals surface area (Å²) in [6.45, 7) is 2.04. The molecular formula is C20H17FN4OS. The van der Waals surface area contributed by atoms with E-state index in [-0.39, 0.29) is 17.8 Å². The molecule has 1 atom stereocenters. The molecule has 0 aliphatic rings. The maximum atomic E-state index is 13.2. The first kappa shape index (κ1) is 17.4. The Morgan fingerprint density at radius 1 is 1.22 bits per heavy atom. The fourth-order valence-electron chi connectivity index (χ4n) is 3.04. The molecule has 0 fully saturated rings. The molecule has 0 unspecified atom stereocenters. The lowest BCUT2D eigenvalue weighted by Crippen LogP contribution is -2.28. The van der Waals surface area contributed by atoms with E-state index >= 15 is 0 Å². The van der Waals surface area contributed by atoms with Crippen LogP contribution in [0.25, 0.3) is 16.6 Å². The van der Waals surface area contributed by atoms with Crippen molar-refractivity contribution in [1.82, 2.24) is 20.1 Å². The zero-order valence-corrected chi connectivity index (χ0v) is 15.4. The molecule has 0 aliphatic heterocycles. The molecule has 5 nitrogen and oxygen atoms in total. The van der Waals surface area contributed by atoms with Crippen LogP contribution in [0.5, 0.6) is 0 Å². The van der Waals surface area contributed by atoms with E-state index in [0.717, 1.165) is 12.0 Å². The minimum Gasteiger partial charge on any atom is -0.345 e. The van der Waals surface area contributed by atoms with Gasteiger partial charge in [-0.3, -0.25) is 9.78 Å². The molecule has 7 heteroatoms. The number of hydrogen-bond acceptors (Lipinski definition) is 4. The molecule has 3 aromatic heterocycles. The molecular weight excluding hydrogens is 363 g/mol. The minimum atomic E-state index is -0.313. The summed E-state index contributed by atoms with van der Waals surface area (Å²) in [5.41, 5.74) is 2.96. The Hall–Kier alpha value is -3.06. The number of nitrogens with zero attached hydrogens (tertiary/aromatic N) is 3. The van der Waals surface area contributed by atoms with Gasteiger partial charge in [-0.2, -0.15) is 16.4 Å². The average molecular weight is 380 g/mol. The van der Waals surface area contributed by atoms with Gasteiger partial charge in [-0.15, -0.1) is 0 Å². The summed E-state index contributed by atoms with van der Waals surface area (Å²) in [5, 5.41) is 12.2. The third-order valence-electron chi connectivity index (χ3n) is 4.47. The van der Waals surface area contributed by atoms with Crippen LogP contribution in [0.2, 0.25) is 0 Å². The molecule has 0 saturated carbocycles. The summed E-state index contributed by atoms with van der Waals surface area (Å²) in [4.78, 5) is 17.1. The number of pyridine rings is 1. The Balaban J connectivity index is 1.68. The molecule has 0 saturated heterocycles. The molecule has 27 heavy (non-hydrogen) atoms. The van der Waals surface area contributed by atoms with Crippen LogP contribution in [-0.2, 0) is 0 Å². The van der Waals surface area contributed by atoms with Gasteiger partial charge in [0.25, 0.3) is 5.91 Å². The highest BCUT2D eigenvalue weighted by Gasteiger charge is 2.18. The van der Waals surface area contributed by atoms with Crippen molar-refractivity contribution in [2.24, 2.45) is 0 Å². The standard InChI is InChI=1S/C20H17FN4OS/c1-2-18(13-7-8-27-12-13)24-20(26)17-9-22-11-19-16(17)10-23-25(19)15-5-3-14(21)4-6-15/h3-12,18H,2H2,1H3,(H,24,26)/t18-/m0/s1. The summed E-state index contributed by atoms with van der Waals surface area (Å²) in [6.07, 6.45) is 5.63. The van der Waals surface area contributed by atoms with E-state index < -0.39 is 0 Å². The van der Waals surface area contributed by atoms with E-state index in [1.54, 1.807) is 46.7 Å². The van der Waals surface area contributed by atoms with Crippen LogP contribution in [-0.4, -0.2) is 20.7 Å². The highest BCUT2D eigenvalue weighted by atomic mass is 32.1. The van der Waals surface area contributed by atoms with Gasteiger partial charge in [0.05, 0.1) is 35.2 Å². The lowest BCUT2D eigenvalue weighted by Gasteiger charge is -2.16. The van der Waals surface area contributed by atoms with Crippen molar-refractivity contribution >= 4 is 28.1 Å². The quantitative estimate of drug-likeness (QED) is 0.554. The Labute approximate surface area is 159 Å². The molecule has 4 aromatic rings. The monoisotopic (exact) mass is 380 g/mol. The second-order valence-corrected chi connectivity index (χ2v) is 6.92. The van der Waals surface area contributed by atoms with Crippen LogP contribution in [0.1, 0.15) is 35.3 Å². The van der Waals surface area contributed by atoms with E-state index in [4.69, 9.17) is 0 Å². The van der Waals surface area contributed by atoms with Gasteiger partial charge in [-0.25, -0.2) is 9.07 Å². The normalized spacial score (nSPS) is 12.2. The average Bonchev–Trinajstić information content (AvgIpc) is 3.36. The van der Waals surface area contributed by atoms with Gasteiger partial charge in [0, 0.05) is 11.6 Å². The van der Waals surface area contributed by atoms with Gasteiger partial charge in [-0.05, 0) is 53.1 Å². The summed E-state index contributed by atoms with van der Waals surface area (Å²) < 4.78 is 14.8. The number of carbonyl (C=O) groups excluding carboxylic acids is 1. The second kappa shape index (κ2) is 7.28. The van der Waals surface area contributed by atoms with Crippen molar-refractivity contribution in [3.05, 3.63) is 76.6 Å². The molecule has 0 aliphatic carbocycles. The van der Waals surface area contributed by atoms with E-state index in [1.807, 2.05) is 23.8 Å². The summed E-state index contributed by atoms with van der Waals surface area (Å²) in [7, 11) is 0. The lowest BCUT2D eigenvalue weighted by atomic mass is 10.1. The van der Waals surface area contributed by atoms with Crippen LogP contribution in [0.4, 0.5) is 4.39 Å². The number of thiophene rings is 1. The predicted octanol–water partition coefficient (Wildman–Crippen LogP) is 4.50. The topological polar surface area (TPSA) is 59.8 Å². The largest absolute Gasteiger partial charge is 0.345 e. The molecule has 0 radical (unpaired) electrons. The van der Waals surface area contributed by atoms with Crippen molar-refractivity contribution in [2.75, 3.05) is 0 Å². The van der Waals surface area contributed by atoms with Gasteiger partial charge in [-0.1, -0.05) is 6.92 Å². The van der Waals surface area contributed by atoms with Gasteiger partial charge in [0.15, 0.2) is 0 Å². The third-order valence-corrected chi connectivity index (χ3v) is 5.17. The van der Waals surface area contributed by atoms with Gasteiger partial charge >= 0.3 is 0 Å². The molecule has 0 spiro atoms. The van der Waals surface area contributed by atoms with E-state index in [2.05, 4.69) is 15.4 Å². The Morgan fingerprint density at radius 2 is 2.04 bits per heavy atom. The van der Waals surface area contributed by atoms with Crippen LogP contribution in [0.3, 0.4) is 0 Å². The number of halogens is 1. The van der Waals surface area contributed by atoms with Crippen LogP contribution < -0.4 is 5.32 Å². The fraction of sp³-hybridized carbons (Fsp3) is 0.150. The molecule has 0 bridgehead atoms. The second-order valence-electron chi connectivity index (χ2n) is 6.14. The molecule has 1 amide bonds. The van der Waals surface area contributed by atoms with Crippen molar-refractivity contribution in [3.8, 4) is 5.69 Å². The summed E-state index contributed by atoms with van der Waals surface area (Å²) in [5.74, 6) is -0.503. The van der Waals surface area contributed by atoms with Crippen molar-refractivity contribution in [3.63, 3.8) is 0 Å². The molecule has 1 N–H and O–H groups in total. The first-order valence-corrected chi connectivity index (χ1v) is 9.52. The molecule has 1 aromatic carbocycles. The number of benzene rings is 1. The fourth-order valence-corrected chi connectivity index (χ4v) is 3.76. The SMILES string of the molecule is CC[C@H](NC(=O)c1cncc2c1cnn2-c1ccc(F)cc1)c1ccsc1. The number of aromatic nitrogens is 3. The van der Waals surface area contributed by atoms with Crippen molar-refractivity contribution < 1.29 is 9.18 Å². The van der Waals surface area contributed by atoms with E-state index in [9.17, 15) is 9.18 Å². The lowest BCUT2D eigenvalue weighted by molar-refractivity contribution is 0.0937. The molecule has 4 rings (SSSR count). The van der Waals surface area contributed by atoms with Gasteiger partial charge in [0.1, 0.15) is 5.82 Å². The summed E-state index contributed by atoms with van der Waals surface area (Å²) >= 11 is 1.61. The van der Waals surface area contributed by atoms with Crippen LogP contribution in [0.15, 0.2) is 59.7 Å². The molecule has 136 valence electrons. The predicted molar refractivity (Wildman–Crippen MR) is 104 cm³/mol.